The number of amides is 1. The number of rotatable bonds is 4. The summed E-state index contributed by atoms with van der Waals surface area (Å²) >= 11 is 0. The molecule has 4 nitrogen and oxygen atoms in total. The fourth-order valence-electron chi connectivity index (χ4n) is 1.45. The third-order valence-electron chi connectivity index (χ3n) is 2.37. The van der Waals surface area contributed by atoms with E-state index in [1.807, 2.05) is 6.92 Å². The van der Waals surface area contributed by atoms with Crippen LogP contribution in [0.5, 0.6) is 5.75 Å². The molecule has 1 amide bonds. The zero-order chi connectivity index (χ0) is 13.8. The number of hydrogen-bond acceptors (Lipinski definition) is 3. The van der Waals surface area contributed by atoms with Gasteiger partial charge in [0.1, 0.15) is 11.3 Å². The van der Waals surface area contributed by atoms with Crippen LogP contribution in [0.15, 0.2) is 18.2 Å². The molecule has 1 aromatic carbocycles. The number of nitrogens with one attached hydrogen (secondary N) is 1. The van der Waals surface area contributed by atoms with Crippen molar-refractivity contribution in [3.05, 3.63) is 23.8 Å². The molecule has 0 saturated heterocycles. The summed E-state index contributed by atoms with van der Waals surface area (Å²) in [6, 6.07) is 5.10. The van der Waals surface area contributed by atoms with Crippen molar-refractivity contribution in [2.24, 2.45) is 0 Å². The van der Waals surface area contributed by atoms with Crippen LogP contribution in [-0.2, 0) is 0 Å². The molecule has 0 aromatic heterocycles. The van der Waals surface area contributed by atoms with E-state index < -0.39 is 5.54 Å². The zero-order valence-corrected chi connectivity index (χ0v) is 10.9. The Labute approximate surface area is 108 Å². The maximum atomic E-state index is 12.2. The largest absolute Gasteiger partial charge is 0.493 e. The molecule has 1 aromatic rings. The van der Waals surface area contributed by atoms with Gasteiger partial charge < -0.3 is 15.8 Å². The first-order chi connectivity index (χ1) is 8.41. The third kappa shape index (κ3) is 3.17. The summed E-state index contributed by atoms with van der Waals surface area (Å²) in [6.45, 7) is 5.78. The Morgan fingerprint density at radius 1 is 1.56 bits per heavy atom. The molecule has 0 unspecified atom stereocenters. The number of carbonyl (C=O) groups excluding carboxylic acids is 1. The molecule has 0 fully saturated rings. The molecular formula is C14H18N2O2. The topological polar surface area (TPSA) is 64.4 Å². The van der Waals surface area contributed by atoms with E-state index in [2.05, 4.69) is 11.2 Å². The minimum atomic E-state index is -0.733. The Hall–Kier alpha value is -2.15. The average Bonchev–Trinajstić information content (AvgIpc) is 2.29. The first-order valence-corrected chi connectivity index (χ1v) is 5.73. The van der Waals surface area contributed by atoms with E-state index >= 15 is 0 Å². The van der Waals surface area contributed by atoms with E-state index in [4.69, 9.17) is 16.9 Å². The lowest BCUT2D eigenvalue weighted by atomic mass is 10.0. The van der Waals surface area contributed by atoms with Gasteiger partial charge in [-0.1, -0.05) is 12.0 Å². The molecular weight excluding hydrogens is 228 g/mol. The van der Waals surface area contributed by atoms with Gasteiger partial charge in [-0.05, 0) is 32.9 Å². The van der Waals surface area contributed by atoms with Crippen molar-refractivity contribution in [1.29, 1.82) is 0 Å². The summed E-state index contributed by atoms with van der Waals surface area (Å²) in [5, 5.41) is 2.73. The van der Waals surface area contributed by atoms with Gasteiger partial charge in [0, 0.05) is 5.69 Å². The molecule has 0 aliphatic heterocycles. The van der Waals surface area contributed by atoms with Crippen LogP contribution >= 0.6 is 0 Å². The minimum Gasteiger partial charge on any atom is -0.493 e. The van der Waals surface area contributed by atoms with Gasteiger partial charge in [-0.2, -0.15) is 0 Å². The van der Waals surface area contributed by atoms with Gasteiger partial charge in [-0.15, -0.1) is 6.42 Å². The van der Waals surface area contributed by atoms with Crippen molar-refractivity contribution < 1.29 is 9.53 Å². The summed E-state index contributed by atoms with van der Waals surface area (Å²) in [5.41, 5.74) is 5.78. The molecule has 0 bridgehead atoms. The first kappa shape index (κ1) is 13.9. The molecule has 18 heavy (non-hydrogen) atoms. The van der Waals surface area contributed by atoms with Crippen molar-refractivity contribution in [3.8, 4) is 18.1 Å². The van der Waals surface area contributed by atoms with Crippen molar-refractivity contribution in [3.63, 3.8) is 0 Å². The fraction of sp³-hybridized carbons (Fsp3) is 0.357. The predicted octanol–water partition coefficient (Wildman–Crippen LogP) is 1.81. The highest BCUT2D eigenvalue weighted by atomic mass is 16.5. The van der Waals surface area contributed by atoms with Crippen LogP contribution in [-0.4, -0.2) is 18.1 Å². The van der Waals surface area contributed by atoms with Crippen molar-refractivity contribution in [2.75, 3.05) is 12.3 Å². The number of benzene rings is 1. The normalized spacial score (nSPS) is 10.6. The van der Waals surface area contributed by atoms with E-state index in [0.29, 0.717) is 23.6 Å². The lowest BCUT2D eigenvalue weighted by Crippen LogP contribution is -2.42. The van der Waals surface area contributed by atoms with E-state index in [9.17, 15) is 4.79 Å². The first-order valence-electron chi connectivity index (χ1n) is 5.73. The Bertz CT molecular complexity index is 487. The second kappa shape index (κ2) is 5.46. The number of ether oxygens (including phenoxy) is 1. The molecule has 0 aliphatic rings. The molecule has 1 rings (SSSR count). The standard InChI is InChI=1S/C14H18N2O2/c1-5-14(3,4)16-13(17)12-10(15)8-7-9-11(12)18-6-2/h1,7-9H,6,15H2,2-4H3,(H,16,17). The number of anilines is 1. The maximum absolute atomic E-state index is 12.2. The van der Waals surface area contributed by atoms with Crippen LogP contribution in [0.1, 0.15) is 31.1 Å². The molecule has 0 atom stereocenters. The quantitative estimate of drug-likeness (QED) is 0.629. The zero-order valence-electron chi connectivity index (χ0n) is 10.9. The van der Waals surface area contributed by atoms with E-state index in [-0.39, 0.29) is 5.91 Å². The van der Waals surface area contributed by atoms with Crippen LogP contribution in [0, 0.1) is 12.3 Å². The van der Waals surface area contributed by atoms with Crippen molar-refractivity contribution >= 4 is 11.6 Å². The summed E-state index contributed by atoms with van der Waals surface area (Å²) < 4.78 is 5.39. The predicted molar refractivity (Wildman–Crippen MR) is 72.4 cm³/mol. The smallest absolute Gasteiger partial charge is 0.258 e. The van der Waals surface area contributed by atoms with E-state index in [0.717, 1.165) is 0 Å². The monoisotopic (exact) mass is 246 g/mol. The Morgan fingerprint density at radius 3 is 2.78 bits per heavy atom. The molecule has 0 spiro atoms. The van der Waals surface area contributed by atoms with E-state index in [1.54, 1.807) is 32.0 Å². The highest BCUT2D eigenvalue weighted by molar-refractivity contribution is 6.02. The van der Waals surface area contributed by atoms with Gasteiger partial charge in [-0.25, -0.2) is 0 Å². The van der Waals surface area contributed by atoms with Gasteiger partial charge in [0.25, 0.3) is 5.91 Å². The molecule has 0 radical (unpaired) electrons. The molecule has 0 heterocycles. The van der Waals surface area contributed by atoms with Gasteiger partial charge >= 0.3 is 0 Å². The van der Waals surface area contributed by atoms with Crippen molar-refractivity contribution in [1.82, 2.24) is 5.32 Å². The Kier molecular flexibility index (Phi) is 4.22. The number of nitrogens with two attached hydrogens (primary N) is 1. The molecule has 0 aliphatic carbocycles. The van der Waals surface area contributed by atoms with E-state index in [1.165, 1.54) is 0 Å². The molecule has 4 heteroatoms. The third-order valence-corrected chi connectivity index (χ3v) is 2.37. The summed E-state index contributed by atoms with van der Waals surface area (Å²) in [5.74, 6) is 2.63. The van der Waals surface area contributed by atoms with Gasteiger partial charge in [0.05, 0.1) is 12.1 Å². The second-order valence-electron chi connectivity index (χ2n) is 4.38. The molecule has 0 saturated carbocycles. The summed E-state index contributed by atoms with van der Waals surface area (Å²) in [7, 11) is 0. The minimum absolute atomic E-state index is 0.322. The van der Waals surface area contributed by atoms with Crippen LogP contribution in [0.25, 0.3) is 0 Å². The van der Waals surface area contributed by atoms with Gasteiger partial charge in [0.15, 0.2) is 0 Å². The SMILES string of the molecule is C#CC(C)(C)NC(=O)c1c(N)cccc1OCC. The Balaban J connectivity index is 3.09. The summed E-state index contributed by atoms with van der Waals surface area (Å²) in [4.78, 5) is 12.2. The van der Waals surface area contributed by atoms with Gasteiger partial charge in [0.2, 0.25) is 0 Å². The number of hydrogen-bond donors (Lipinski definition) is 2. The summed E-state index contributed by atoms with van der Waals surface area (Å²) in [6.07, 6.45) is 5.34. The van der Waals surface area contributed by atoms with Crippen LogP contribution in [0.3, 0.4) is 0 Å². The average molecular weight is 246 g/mol. The number of nitrogen functional groups attached to an aromatic ring is 1. The highest BCUT2D eigenvalue weighted by Crippen LogP contribution is 2.24. The fourth-order valence-corrected chi connectivity index (χ4v) is 1.45. The lowest BCUT2D eigenvalue weighted by Gasteiger charge is -2.21. The molecule has 96 valence electrons. The number of terminal acetylenes is 1. The van der Waals surface area contributed by atoms with Crippen LogP contribution in [0.2, 0.25) is 0 Å². The van der Waals surface area contributed by atoms with Crippen LogP contribution in [0.4, 0.5) is 5.69 Å². The number of carbonyl (C=O) groups is 1. The maximum Gasteiger partial charge on any atom is 0.258 e. The highest BCUT2D eigenvalue weighted by Gasteiger charge is 2.22. The Morgan fingerprint density at radius 2 is 2.22 bits per heavy atom. The molecule has 3 N–H and O–H groups in total. The lowest BCUT2D eigenvalue weighted by molar-refractivity contribution is 0.0927. The van der Waals surface area contributed by atoms with Gasteiger partial charge in [-0.3, -0.25) is 4.79 Å². The second-order valence-corrected chi connectivity index (χ2v) is 4.38. The van der Waals surface area contributed by atoms with Crippen molar-refractivity contribution in [2.45, 2.75) is 26.3 Å². The van der Waals surface area contributed by atoms with Crippen LogP contribution < -0.4 is 15.8 Å².